The summed E-state index contributed by atoms with van der Waals surface area (Å²) in [6.45, 7) is 12.5. The van der Waals surface area contributed by atoms with E-state index in [9.17, 15) is 0 Å². The zero-order valence-corrected chi connectivity index (χ0v) is 32.3. The highest BCUT2D eigenvalue weighted by Crippen LogP contribution is 2.23. The van der Waals surface area contributed by atoms with Crippen LogP contribution < -0.4 is 29.6 Å². The SMILES string of the molecule is CC[n+]1ccc(/C=C/c2ccccc2N(C)CCCNCCSSCCNCCCN(C)c2ccccc2/C=C/c2cc[n+](CC)cc2)cc1. The molecule has 4 rings (SSSR count). The monoisotopic (exact) mass is 710 g/mol. The fraction of sp³-hybridized carbons (Fsp3) is 0.381. The molecule has 2 aromatic carbocycles. The first-order valence-electron chi connectivity index (χ1n) is 18.2. The Hall–Kier alpha value is -3.56. The van der Waals surface area contributed by atoms with Gasteiger partial charge in [-0.15, -0.1) is 0 Å². The molecule has 0 radical (unpaired) electrons. The number of nitrogens with zero attached hydrogens (tertiary/aromatic N) is 4. The molecule has 2 heterocycles. The predicted octanol–water partition coefficient (Wildman–Crippen LogP) is 7.56. The molecule has 0 aliphatic heterocycles. The van der Waals surface area contributed by atoms with E-state index in [-0.39, 0.29) is 0 Å². The van der Waals surface area contributed by atoms with Gasteiger partial charge in [0.2, 0.25) is 0 Å². The maximum absolute atomic E-state index is 3.63. The summed E-state index contributed by atoms with van der Waals surface area (Å²) >= 11 is 0. The lowest BCUT2D eigenvalue weighted by Crippen LogP contribution is -2.30. The number of aromatic nitrogens is 2. The molecule has 0 atom stereocenters. The lowest BCUT2D eigenvalue weighted by atomic mass is 10.1. The second-order valence-electron chi connectivity index (χ2n) is 12.4. The summed E-state index contributed by atoms with van der Waals surface area (Å²) < 4.78 is 4.36. The van der Waals surface area contributed by atoms with Crippen molar-refractivity contribution >= 4 is 57.3 Å². The van der Waals surface area contributed by atoms with Crippen LogP contribution in [0.1, 0.15) is 48.9 Å². The second-order valence-corrected chi connectivity index (χ2v) is 15.1. The number of hydrogen-bond donors (Lipinski definition) is 2. The Bertz CT molecular complexity index is 1450. The van der Waals surface area contributed by atoms with Crippen LogP contribution in [0.5, 0.6) is 0 Å². The van der Waals surface area contributed by atoms with E-state index in [0.717, 1.165) is 76.7 Å². The van der Waals surface area contributed by atoms with Gasteiger partial charge in [0.05, 0.1) is 0 Å². The van der Waals surface area contributed by atoms with Gasteiger partial charge in [-0.1, -0.05) is 82.3 Å². The summed E-state index contributed by atoms with van der Waals surface area (Å²) in [7, 11) is 8.34. The van der Waals surface area contributed by atoms with Gasteiger partial charge in [0.25, 0.3) is 0 Å². The van der Waals surface area contributed by atoms with E-state index >= 15 is 0 Å². The zero-order valence-electron chi connectivity index (χ0n) is 30.6. The molecule has 6 nitrogen and oxygen atoms in total. The number of hydrogen-bond acceptors (Lipinski definition) is 6. The third kappa shape index (κ3) is 14.0. The summed E-state index contributed by atoms with van der Waals surface area (Å²) in [5.74, 6) is 2.26. The highest BCUT2D eigenvalue weighted by molar-refractivity contribution is 8.76. The van der Waals surface area contributed by atoms with Crippen molar-refractivity contribution in [3.63, 3.8) is 0 Å². The van der Waals surface area contributed by atoms with E-state index in [1.54, 1.807) is 0 Å². The Morgan fingerprint density at radius 3 is 1.34 bits per heavy atom. The molecule has 2 aromatic heterocycles. The smallest absolute Gasteiger partial charge is 0.169 e. The third-order valence-corrected chi connectivity index (χ3v) is 11.1. The molecule has 266 valence electrons. The number of aryl methyl sites for hydroxylation is 2. The minimum atomic E-state index is 0.993. The summed E-state index contributed by atoms with van der Waals surface area (Å²) in [6.07, 6.45) is 19.6. The topological polar surface area (TPSA) is 38.3 Å². The minimum Gasteiger partial charge on any atom is -0.374 e. The number of benzene rings is 2. The quantitative estimate of drug-likeness (QED) is 0.0471. The van der Waals surface area contributed by atoms with Gasteiger partial charge in [-0.3, -0.25) is 0 Å². The fourth-order valence-electron chi connectivity index (χ4n) is 5.62. The Balaban J connectivity index is 1.01. The second kappa shape index (κ2) is 23.0. The molecule has 0 unspecified atom stereocenters. The van der Waals surface area contributed by atoms with Crippen molar-refractivity contribution in [2.75, 3.05) is 74.7 Å². The Kier molecular flexibility index (Phi) is 18.1. The predicted molar refractivity (Wildman–Crippen MR) is 222 cm³/mol. The van der Waals surface area contributed by atoms with Crippen LogP contribution in [0.3, 0.4) is 0 Å². The van der Waals surface area contributed by atoms with E-state index < -0.39 is 0 Å². The van der Waals surface area contributed by atoms with E-state index in [2.05, 4.69) is 179 Å². The lowest BCUT2D eigenvalue weighted by molar-refractivity contribution is -0.693. The van der Waals surface area contributed by atoms with Gasteiger partial charge in [-0.05, 0) is 74.2 Å². The fourth-order valence-corrected chi connectivity index (χ4v) is 7.52. The van der Waals surface area contributed by atoms with Crippen molar-refractivity contribution < 1.29 is 9.13 Å². The first-order valence-corrected chi connectivity index (χ1v) is 20.7. The molecule has 0 saturated heterocycles. The van der Waals surface area contributed by atoms with E-state index in [1.807, 2.05) is 21.6 Å². The molecule has 0 amide bonds. The Morgan fingerprint density at radius 2 is 0.940 bits per heavy atom. The van der Waals surface area contributed by atoms with Crippen LogP contribution in [-0.2, 0) is 13.1 Å². The van der Waals surface area contributed by atoms with Gasteiger partial charge in [0.1, 0.15) is 13.1 Å². The number of rotatable bonds is 23. The standard InChI is InChI=1S/C42H58N6S2/c1-5-47-31-21-37(22-32-47)17-19-39-13-7-9-15-41(39)45(3)29-11-25-43-27-35-49-50-36-28-44-26-12-30-46(4)42-16-10-8-14-40(42)20-18-38-23-33-48(6-2)34-24-38/h7-10,13-24,31-34,43-44H,5-6,11-12,25-30,35-36H2,1-4H3/q+2. The van der Waals surface area contributed by atoms with Crippen molar-refractivity contribution in [2.24, 2.45) is 0 Å². The summed E-state index contributed by atoms with van der Waals surface area (Å²) in [5, 5.41) is 7.26. The molecule has 0 fully saturated rings. The van der Waals surface area contributed by atoms with Crippen LogP contribution in [0.25, 0.3) is 24.3 Å². The first kappa shape index (κ1) is 39.2. The highest BCUT2D eigenvalue weighted by atomic mass is 33.1. The van der Waals surface area contributed by atoms with Crippen LogP contribution in [-0.4, -0.2) is 64.9 Å². The van der Waals surface area contributed by atoms with Crippen molar-refractivity contribution in [1.29, 1.82) is 0 Å². The summed E-state index contributed by atoms with van der Waals surface area (Å²) in [5.41, 5.74) is 7.50. The van der Waals surface area contributed by atoms with E-state index in [1.165, 1.54) is 33.6 Å². The minimum absolute atomic E-state index is 0.993. The average Bonchev–Trinajstić information content (AvgIpc) is 3.16. The number of pyridine rings is 2. The van der Waals surface area contributed by atoms with Crippen LogP contribution >= 0.6 is 21.6 Å². The molecule has 0 spiro atoms. The largest absolute Gasteiger partial charge is 0.374 e. The molecule has 0 aliphatic carbocycles. The molecule has 0 bridgehead atoms. The van der Waals surface area contributed by atoms with E-state index in [0.29, 0.717) is 0 Å². The number of nitrogens with one attached hydrogen (secondary N) is 2. The van der Waals surface area contributed by atoms with Crippen LogP contribution in [0.2, 0.25) is 0 Å². The van der Waals surface area contributed by atoms with Crippen molar-refractivity contribution in [1.82, 2.24) is 10.6 Å². The summed E-state index contributed by atoms with van der Waals surface area (Å²) in [4.78, 5) is 4.74. The van der Waals surface area contributed by atoms with Gasteiger partial charge in [0, 0.05) is 87.4 Å². The average molecular weight is 711 g/mol. The van der Waals surface area contributed by atoms with Gasteiger partial charge >= 0.3 is 0 Å². The molecule has 0 saturated carbocycles. The number of anilines is 2. The summed E-state index contributed by atoms with van der Waals surface area (Å²) in [6, 6.07) is 26.0. The maximum atomic E-state index is 3.63. The zero-order chi connectivity index (χ0) is 35.2. The first-order chi connectivity index (χ1) is 24.6. The van der Waals surface area contributed by atoms with Crippen molar-refractivity contribution in [2.45, 2.75) is 39.8 Å². The molecule has 50 heavy (non-hydrogen) atoms. The molecule has 4 aromatic rings. The van der Waals surface area contributed by atoms with Gasteiger partial charge in [-0.25, -0.2) is 9.13 Å². The highest BCUT2D eigenvalue weighted by Gasteiger charge is 2.07. The maximum Gasteiger partial charge on any atom is 0.169 e. The Labute approximate surface area is 310 Å². The van der Waals surface area contributed by atoms with Crippen LogP contribution in [0.4, 0.5) is 11.4 Å². The van der Waals surface area contributed by atoms with Gasteiger partial charge in [-0.2, -0.15) is 0 Å². The molecular weight excluding hydrogens is 653 g/mol. The third-order valence-electron chi connectivity index (χ3n) is 8.67. The number of para-hydroxylation sites is 2. The molecular formula is C42H58N6S2+2. The molecule has 2 N–H and O–H groups in total. The normalized spacial score (nSPS) is 11.5. The van der Waals surface area contributed by atoms with Crippen LogP contribution in [0, 0.1) is 0 Å². The van der Waals surface area contributed by atoms with E-state index in [4.69, 9.17) is 0 Å². The Morgan fingerprint density at radius 1 is 0.540 bits per heavy atom. The van der Waals surface area contributed by atoms with Crippen molar-refractivity contribution in [3.8, 4) is 0 Å². The van der Waals surface area contributed by atoms with Crippen LogP contribution in [0.15, 0.2) is 97.6 Å². The van der Waals surface area contributed by atoms with Gasteiger partial charge in [0.15, 0.2) is 24.8 Å². The molecule has 0 aliphatic rings. The van der Waals surface area contributed by atoms with Gasteiger partial charge < -0.3 is 20.4 Å². The van der Waals surface area contributed by atoms with Crippen molar-refractivity contribution in [3.05, 3.63) is 120 Å². The lowest BCUT2D eigenvalue weighted by Gasteiger charge is -2.21. The molecule has 8 heteroatoms.